The maximum absolute atomic E-state index is 10.7. The van der Waals surface area contributed by atoms with Crippen LogP contribution in [0.25, 0.3) is 0 Å². The van der Waals surface area contributed by atoms with E-state index in [0.717, 1.165) is 19.4 Å². The fourth-order valence-electron chi connectivity index (χ4n) is 1.67. The van der Waals surface area contributed by atoms with Gasteiger partial charge in [-0.15, -0.1) is 0 Å². The van der Waals surface area contributed by atoms with E-state index in [-0.39, 0.29) is 5.92 Å². The zero-order valence-electron chi connectivity index (χ0n) is 7.57. The van der Waals surface area contributed by atoms with E-state index in [1.807, 2.05) is 0 Å². The Morgan fingerprint density at radius 2 is 2.46 bits per heavy atom. The molecule has 1 saturated heterocycles. The number of carbonyl (C=O) groups is 1. The predicted molar refractivity (Wildman–Crippen MR) is 47.0 cm³/mol. The van der Waals surface area contributed by atoms with Crippen molar-refractivity contribution in [2.45, 2.75) is 19.3 Å². The van der Waals surface area contributed by atoms with Crippen LogP contribution in [0.1, 0.15) is 19.3 Å². The minimum absolute atomic E-state index is 0.229. The highest BCUT2D eigenvalue weighted by atomic mass is 16.4. The normalized spacial score (nSPS) is 23.8. The van der Waals surface area contributed by atoms with Crippen molar-refractivity contribution < 1.29 is 9.90 Å². The molecule has 1 N–H and O–H groups in total. The lowest BCUT2D eigenvalue weighted by Gasteiger charge is -2.29. The SMILES string of the molecule is N#CCCN1CCCC(C(=O)O)C1. The first-order valence-electron chi connectivity index (χ1n) is 4.56. The summed E-state index contributed by atoms with van der Waals surface area (Å²) in [5.74, 6) is -0.936. The average Bonchev–Trinajstić information content (AvgIpc) is 2.15. The second kappa shape index (κ2) is 4.83. The lowest BCUT2D eigenvalue weighted by Crippen LogP contribution is -2.39. The Labute approximate surface area is 77.8 Å². The Hall–Kier alpha value is -1.08. The number of likely N-dealkylation sites (tertiary alicyclic amines) is 1. The molecule has 1 aliphatic rings. The lowest BCUT2D eigenvalue weighted by molar-refractivity contribution is -0.143. The van der Waals surface area contributed by atoms with Gasteiger partial charge in [-0.25, -0.2) is 0 Å². The van der Waals surface area contributed by atoms with E-state index in [1.54, 1.807) is 0 Å². The highest BCUT2D eigenvalue weighted by Crippen LogP contribution is 2.16. The number of piperidine rings is 1. The van der Waals surface area contributed by atoms with Crippen LogP contribution < -0.4 is 0 Å². The van der Waals surface area contributed by atoms with Crippen molar-refractivity contribution in [1.82, 2.24) is 4.90 Å². The van der Waals surface area contributed by atoms with E-state index in [4.69, 9.17) is 10.4 Å². The van der Waals surface area contributed by atoms with E-state index in [0.29, 0.717) is 19.5 Å². The van der Waals surface area contributed by atoms with Gasteiger partial charge in [0.25, 0.3) is 0 Å². The summed E-state index contributed by atoms with van der Waals surface area (Å²) in [5, 5.41) is 17.2. The van der Waals surface area contributed by atoms with Gasteiger partial charge in [-0.05, 0) is 19.4 Å². The minimum Gasteiger partial charge on any atom is -0.481 e. The largest absolute Gasteiger partial charge is 0.481 e. The Morgan fingerprint density at radius 1 is 1.69 bits per heavy atom. The van der Waals surface area contributed by atoms with Crippen molar-refractivity contribution in [1.29, 1.82) is 5.26 Å². The Balaban J connectivity index is 2.34. The van der Waals surface area contributed by atoms with Crippen molar-refractivity contribution in [2.24, 2.45) is 5.92 Å². The van der Waals surface area contributed by atoms with Gasteiger partial charge >= 0.3 is 5.97 Å². The van der Waals surface area contributed by atoms with Crippen molar-refractivity contribution in [2.75, 3.05) is 19.6 Å². The molecule has 0 aliphatic carbocycles. The molecule has 1 atom stereocenters. The summed E-state index contributed by atoms with van der Waals surface area (Å²) in [6.45, 7) is 2.25. The summed E-state index contributed by atoms with van der Waals surface area (Å²) in [4.78, 5) is 12.7. The number of hydrogen-bond donors (Lipinski definition) is 1. The van der Waals surface area contributed by atoms with E-state index >= 15 is 0 Å². The second-order valence-corrected chi connectivity index (χ2v) is 3.39. The lowest BCUT2D eigenvalue weighted by atomic mass is 9.98. The van der Waals surface area contributed by atoms with Crippen LogP contribution in [-0.4, -0.2) is 35.6 Å². The number of carboxylic acids is 1. The summed E-state index contributed by atoms with van der Waals surface area (Å²) in [6, 6.07) is 2.07. The molecule has 13 heavy (non-hydrogen) atoms. The van der Waals surface area contributed by atoms with E-state index < -0.39 is 5.97 Å². The zero-order chi connectivity index (χ0) is 9.68. The quantitative estimate of drug-likeness (QED) is 0.697. The van der Waals surface area contributed by atoms with Gasteiger partial charge in [0.2, 0.25) is 0 Å². The first-order valence-corrected chi connectivity index (χ1v) is 4.56. The van der Waals surface area contributed by atoms with Crippen LogP contribution in [0.2, 0.25) is 0 Å². The maximum atomic E-state index is 10.7. The molecule has 1 fully saturated rings. The van der Waals surface area contributed by atoms with Crippen LogP contribution in [0.5, 0.6) is 0 Å². The van der Waals surface area contributed by atoms with Gasteiger partial charge in [0.1, 0.15) is 0 Å². The third-order valence-electron chi connectivity index (χ3n) is 2.39. The number of nitriles is 1. The number of rotatable bonds is 3. The maximum Gasteiger partial charge on any atom is 0.307 e. The van der Waals surface area contributed by atoms with E-state index in [1.165, 1.54) is 0 Å². The molecule has 1 heterocycles. The van der Waals surface area contributed by atoms with Gasteiger partial charge in [-0.1, -0.05) is 0 Å². The van der Waals surface area contributed by atoms with Crippen molar-refractivity contribution >= 4 is 5.97 Å². The predicted octanol–water partition coefficient (Wildman–Crippen LogP) is 0.697. The molecule has 0 bridgehead atoms. The third kappa shape index (κ3) is 3.03. The minimum atomic E-state index is -0.707. The van der Waals surface area contributed by atoms with Crippen molar-refractivity contribution in [3.8, 4) is 6.07 Å². The standard InChI is InChI=1S/C9H14N2O2/c10-4-2-6-11-5-1-3-8(7-11)9(12)13/h8H,1-3,5-7H2,(H,12,13). The molecule has 4 heteroatoms. The van der Waals surface area contributed by atoms with Crippen molar-refractivity contribution in [3.05, 3.63) is 0 Å². The molecule has 0 aromatic carbocycles. The molecular weight excluding hydrogens is 168 g/mol. The van der Waals surface area contributed by atoms with Crippen LogP contribution >= 0.6 is 0 Å². The molecule has 0 radical (unpaired) electrons. The summed E-state index contributed by atoms with van der Waals surface area (Å²) < 4.78 is 0. The monoisotopic (exact) mass is 182 g/mol. The number of aliphatic carboxylic acids is 1. The average molecular weight is 182 g/mol. The van der Waals surface area contributed by atoms with Gasteiger partial charge < -0.3 is 10.0 Å². The molecule has 72 valence electrons. The molecule has 0 aromatic heterocycles. The van der Waals surface area contributed by atoms with Gasteiger partial charge in [-0.3, -0.25) is 4.79 Å². The molecule has 1 aliphatic heterocycles. The molecule has 1 rings (SSSR count). The fourth-order valence-corrected chi connectivity index (χ4v) is 1.67. The van der Waals surface area contributed by atoms with Crippen molar-refractivity contribution in [3.63, 3.8) is 0 Å². The van der Waals surface area contributed by atoms with Gasteiger partial charge in [-0.2, -0.15) is 5.26 Å². The third-order valence-corrected chi connectivity index (χ3v) is 2.39. The van der Waals surface area contributed by atoms with E-state index in [9.17, 15) is 4.79 Å². The van der Waals surface area contributed by atoms with Gasteiger partial charge in [0.15, 0.2) is 0 Å². The van der Waals surface area contributed by atoms with Crippen LogP contribution in [0.15, 0.2) is 0 Å². The molecule has 1 unspecified atom stereocenters. The zero-order valence-corrected chi connectivity index (χ0v) is 7.57. The first kappa shape index (κ1) is 10.0. The molecule has 0 saturated carbocycles. The first-order chi connectivity index (χ1) is 6.24. The summed E-state index contributed by atoms with van der Waals surface area (Å²) >= 11 is 0. The van der Waals surface area contributed by atoms with E-state index in [2.05, 4.69) is 11.0 Å². The molecule has 0 aromatic rings. The summed E-state index contributed by atoms with van der Waals surface area (Å²) in [6.07, 6.45) is 2.20. The van der Waals surface area contributed by atoms with Crippen LogP contribution in [0.3, 0.4) is 0 Å². The fraction of sp³-hybridized carbons (Fsp3) is 0.778. The highest BCUT2D eigenvalue weighted by Gasteiger charge is 2.24. The van der Waals surface area contributed by atoms with Gasteiger partial charge in [0, 0.05) is 19.5 Å². The Bertz CT molecular complexity index is 222. The van der Waals surface area contributed by atoms with Crippen LogP contribution in [0.4, 0.5) is 0 Å². The topological polar surface area (TPSA) is 64.3 Å². The molecule has 0 spiro atoms. The summed E-state index contributed by atoms with van der Waals surface area (Å²) in [7, 11) is 0. The van der Waals surface area contributed by atoms with Crippen LogP contribution in [0, 0.1) is 17.2 Å². The summed E-state index contributed by atoms with van der Waals surface area (Å²) in [5.41, 5.74) is 0. The molecule has 0 amide bonds. The Morgan fingerprint density at radius 3 is 3.08 bits per heavy atom. The molecule has 4 nitrogen and oxygen atoms in total. The molecular formula is C9H14N2O2. The number of carboxylic acid groups (broad SMARTS) is 1. The second-order valence-electron chi connectivity index (χ2n) is 3.39. The number of nitrogens with zero attached hydrogens (tertiary/aromatic N) is 2. The van der Waals surface area contributed by atoms with Gasteiger partial charge in [0.05, 0.1) is 12.0 Å². The Kier molecular flexibility index (Phi) is 3.71. The smallest absolute Gasteiger partial charge is 0.307 e. The van der Waals surface area contributed by atoms with Crippen LogP contribution in [-0.2, 0) is 4.79 Å². The number of hydrogen-bond acceptors (Lipinski definition) is 3. The highest BCUT2D eigenvalue weighted by molar-refractivity contribution is 5.70.